The molecule has 536 valence electrons. The second-order valence-electron chi connectivity index (χ2n) is 29.5. The fourth-order valence-corrected chi connectivity index (χ4v) is 13.6. The van der Waals surface area contributed by atoms with E-state index < -0.39 is 20.0 Å². The van der Waals surface area contributed by atoms with Crippen LogP contribution in [0.25, 0.3) is 0 Å². The maximum atomic E-state index is 13.1. The molecule has 0 saturated carbocycles. The van der Waals surface area contributed by atoms with Gasteiger partial charge in [-0.1, -0.05) is 423 Å². The number of hydrogen-bond donors (Lipinski definition) is 3. The summed E-state index contributed by atoms with van der Waals surface area (Å²) in [6, 6.07) is -0.863. The van der Waals surface area contributed by atoms with Crippen molar-refractivity contribution in [1.82, 2.24) is 5.32 Å². The average Bonchev–Trinajstić information content (AvgIpc) is 3.62. The first kappa shape index (κ1) is 89.0. The summed E-state index contributed by atoms with van der Waals surface area (Å²) < 4.78 is 23.9. The molecule has 3 atom stereocenters. The Morgan fingerprint density at radius 2 is 0.611 bits per heavy atom. The molecule has 3 unspecified atom stereocenters. The van der Waals surface area contributed by atoms with Gasteiger partial charge in [-0.2, -0.15) is 0 Å². The average molecular weight is 1290 g/mol. The normalized spacial score (nSPS) is 13.5. The number of carbonyl (C=O) groups is 1. The number of nitrogens with one attached hydrogen (secondary N) is 1. The van der Waals surface area contributed by atoms with Crippen molar-refractivity contribution in [3.8, 4) is 0 Å². The Balaban J connectivity index is 3.92. The number of rotatable bonds is 77. The molecule has 90 heavy (non-hydrogen) atoms. The van der Waals surface area contributed by atoms with Gasteiger partial charge in [0.05, 0.1) is 39.9 Å². The van der Waals surface area contributed by atoms with E-state index >= 15 is 0 Å². The number of quaternary nitrogens is 1. The lowest BCUT2D eigenvalue weighted by molar-refractivity contribution is -0.870. The molecule has 0 fully saturated rings. The van der Waals surface area contributed by atoms with Crippen LogP contribution in [0.1, 0.15) is 438 Å². The highest BCUT2D eigenvalue weighted by atomic mass is 31.2. The maximum Gasteiger partial charge on any atom is 0.472 e. The molecule has 0 aliphatic heterocycles. The van der Waals surface area contributed by atoms with Crippen molar-refractivity contribution in [2.45, 2.75) is 450 Å². The van der Waals surface area contributed by atoms with E-state index in [1.807, 2.05) is 27.2 Å². The Morgan fingerprint density at radius 3 is 0.889 bits per heavy atom. The molecule has 0 aliphatic carbocycles. The monoisotopic (exact) mass is 1290 g/mol. The third-order valence-electron chi connectivity index (χ3n) is 19.2. The highest BCUT2D eigenvalue weighted by Gasteiger charge is 2.28. The molecule has 0 saturated heterocycles. The lowest BCUT2D eigenvalue weighted by Gasteiger charge is -2.25. The molecular formula is C81H162N2O6P+. The predicted octanol–water partition coefficient (Wildman–Crippen LogP) is 26.6. The van der Waals surface area contributed by atoms with Crippen molar-refractivity contribution in [2.24, 2.45) is 0 Å². The van der Waals surface area contributed by atoms with Gasteiger partial charge in [-0.25, -0.2) is 4.57 Å². The van der Waals surface area contributed by atoms with Crippen molar-refractivity contribution in [3.05, 3.63) is 24.3 Å². The van der Waals surface area contributed by atoms with Gasteiger partial charge in [0, 0.05) is 6.42 Å². The van der Waals surface area contributed by atoms with Crippen LogP contribution in [0, 0.1) is 0 Å². The molecule has 0 aromatic heterocycles. The number of hydrogen-bond acceptors (Lipinski definition) is 5. The summed E-state index contributed by atoms with van der Waals surface area (Å²) in [6.45, 7) is 4.87. The number of aliphatic hydroxyl groups is 1. The molecule has 9 heteroatoms. The third-order valence-corrected chi connectivity index (χ3v) is 20.2. The van der Waals surface area contributed by atoms with Crippen molar-refractivity contribution in [2.75, 3.05) is 40.9 Å². The van der Waals surface area contributed by atoms with Crippen molar-refractivity contribution >= 4 is 13.7 Å². The third kappa shape index (κ3) is 74.4. The molecule has 0 heterocycles. The molecule has 1 amide bonds. The molecule has 0 aromatic rings. The van der Waals surface area contributed by atoms with Crippen LogP contribution < -0.4 is 5.32 Å². The van der Waals surface area contributed by atoms with E-state index in [1.165, 1.54) is 379 Å². The minimum Gasteiger partial charge on any atom is -0.387 e. The zero-order valence-electron chi connectivity index (χ0n) is 61.7. The molecule has 0 bridgehead atoms. The van der Waals surface area contributed by atoms with Crippen molar-refractivity contribution in [3.63, 3.8) is 0 Å². The topological polar surface area (TPSA) is 105 Å². The Labute approximate surface area is 564 Å². The molecular weight excluding hydrogens is 1130 g/mol. The number of amides is 1. The standard InChI is InChI=1S/C81H161N2O6P/c1-6-8-10-12-14-16-18-20-22-24-26-28-30-32-34-36-37-38-39-40-41-42-43-44-45-46-47-49-51-53-55-57-59-61-63-65-67-69-71-73-75-81(85)82-79(78-89-90(86,87)88-77-76-83(3,4)5)80(84)74-72-70-68-66-64-62-60-58-56-54-52-50-48-35-33-31-29-27-25-23-21-19-17-15-13-11-9-7-2/h64,66,72,74,79-80,84H,6-63,65,67-71,73,75-78H2,1-5H3,(H-,82,85,86,87)/p+1/b66-64+,74-72+. The van der Waals surface area contributed by atoms with Gasteiger partial charge in [0.15, 0.2) is 0 Å². The van der Waals surface area contributed by atoms with Gasteiger partial charge in [0.1, 0.15) is 13.2 Å². The fraction of sp³-hybridized carbons (Fsp3) is 0.938. The summed E-state index contributed by atoms with van der Waals surface area (Å²) in [5.41, 5.74) is 0. The van der Waals surface area contributed by atoms with E-state index in [0.29, 0.717) is 17.4 Å². The van der Waals surface area contributed by atoms with Gasteiger partial charge in [-0.3, -0.25) is 13.8 Å². The van der Waals surface area contributed by atoms with E-state index in [1.54, 1.807) is 6.08 Å². The number of unbranched alkanes of at least 4 members (excludes halogenated alkanes) is 62. The minimum absolute atomic E-state index is 0.0592. The second kappa shape index (κ2) is 72.3. The number of allylic oxidation sites excluding steroid dienone is 3. The Bertz CT molecular complexity index is 1520. The van der Waals surface area contributed by atoms with Gasteiger partial charge in [-0.15, -0.1) is 0 Å². The van der Waals surface area contributed by atoms with Crippen LogP contribution in [0.4, 0.5) is 0 Å². The first-order valence-corrected chi connectivity index (χ1v) is 42.2. The van der Waals surface area contributed by atoms with Gasteiger partial charge in [0.25, 0.3) is 0 Å². The quantitative estimate of drug-likeness (QED) is 0.0243. The summed E-state index contributed by atoms with van der Waals surface area (Å²) in [4.78, 5) is 23.5. The lowest BCUT2D eigenvalue weighted by Crippen LogP contribution is -2.45. The van der Waals surface area contributed by atoms with Crippen molar-refractivity contribution in [1.29, 1.82) is 0 Å². The van der Waals surface area contributed by atoms with E-state index in [2.05, 4.69) is 31.3 Å². The van der Waals surface area contributed by atoms with Crippen LogP contribution in [0.3, 0.4) is 0 Å². The number of carbonyl (C=O) groups excluding carboxylic acids is 1. The van der Waals surface area contributed by atoms with E-state index in [4.69, 9.17) is 9.05 Å². The van der Waals surface area contributed by atoms with Gasteiger partial charge >= 0.3 is 7.82 Å². The smallest absolute Gasteiger partial charge is 0.387 e. The number of phosphoric acid groups is 1. The minimum atomic E-state index is -4.36. The number of likely N-dealkylation sites (N-methyl/N-ethyl adjacent to an activating group) is 1. The first-order chi connectivity index (χ1) is 44.0. The predicted molar refractivity (Wildman–Crippen MR) is 397 cm³/mol. The van der Waals surface area contributed by atoms with Crippen LogP contribution in [-0.2, 0) is 18.4 Å². The molecule has 8 nitrogen and oxygen atoms in total. The zero-order chi connectivity index (χ0) is 65.5. The first-order valence-electron chi connectivity index (χ1n) is 40.7. The second-order valence-corrected chi connectivity index (χ2v) is 31.0. The Hall–Kier alpha value is -1.02. The summed E-state index contributed by atoms with van der Waals surface area (Å²) in [5, 5.41) is 14.0. The van der Waals surface area contributed by atoms with Crippen LogP contribution in [-0.4, -0.2) is 73.4 Å². The maximum absolute atomic E-state index is 13.1. The summed E-state index contributed by atoms with van der Waals surface area (Å²) >= 11 is 0. The summed E-state index contributed by atoms with van der Waals surface area (Å²) in [6.07, 6.45) is 96.9. The highest BCUT2D eigenvalue weighted by molar-refractivity contribution is 7.47. The SMILES string of the molecule is CCCCCCCCCCCCCCCCCCCCCCCC/C=C/CC/C=C/C(O)C(COP(=O)(O)OCC[N+](C)(C)C)NC(=O)CCCCCCCCCCCCCCCCCCCCCCCCCCCCCCCCCCCCCCCCCC. The van der Waals surface area contributed by atoms with Crippen molar-refractivity contribution < 1.29 is 32.9 Å². The van der Waals surface area contributed by atoms with E-state index in [-0.39, 0.29) is 19.1 Å². The fourth-order valence-electron chi connectivity index (χ4n) is 12.9. The summed E-state index contributed by atoms with van der Waals surface area (Å²) in [5.74, 6) is -0.176. The molecule has 0 aliphatic rings. The molecule has 0 rings (SSSR count). The Kier molecular flexibility index (Phi) is 71.4. The lowest BCUT2D eigenvalue weighted by atomic mass is 10.0. The number of nitrogens with zero attached hydrogens (tertiary/aromatic N) is 1. The van der Waals surface area contributed by atoms with Crippen LogP contribution in [0.5, 0.6) is 0 Å². The van der Waals surface area contributed by atoms with Gasteiger partial charge in [0.2, 0.25) is 5.91 Å². The van der Waals surface area contributed by atoms with Gasteiger partial charge < -0.3 is 19.8 Å². The molecule has 0 radical (unpaired) electrons. The van der Waals surface area contributed by atoms with E-state index in [0.717, 1.165) is 38.5 Å². The van der Waals surface area contributed by atoms with Crippen LogP contribution in [0.2, 0.25) is 0 Å². The van der Waals surface area contributed by atoms with Gasteiger partial charge in [-0.05, 0) is 32.1 Å². The highest BCUT2D eigenvalue weighted by Crippen LogP contribution is 2.43. The molecule has 0 spiro atoms. The largest absolute Gasteiger partial charge is 0.472 e. The molecule has 3 N–H and O–H groups in total. The summed E-state index contributed by atoms with van der Waals surface area (Å²) in [7, 11) is 1.58. The number of phosphoric ester groups is 1. The Morgan fingerprint density at radius 1 is 0.367 bits per heavy atom. The number of aliphatic hydroxyl groups excluding tert-OH is 1. The zero-order valence-corrected chi connectivity index (χ0v) is 62.6. The van der Waals surface area contributed by atoms with E-state index in [9.17, 15) is 19.4 Å². The van der Waals surface area contributed by atoms with Crippen LogP contribution in [0.15, 0.2) is 24.3 Å². The molecule has 0 aromatic carbocycles. The van der Waals surface area contributed by atoms with Crippen LogP contribution >= 0.6 is 7.82 Å².